The minimum Gasteiger partial charge on any atom is -0.626 e. The highest BCUT2D eigenvalue weighted by atomic mass is 35.5. The van der Waals surface area contributed by atoms with E-state index in [-0.39, 0.29) is 24.8 Å². The number of amides is 2. The van der Waals surface area contributed by atoms with Gasteiger partial charge < -0.3 is 20.3 Å². The van der Waals surface area contributed by atoms with Crippen LogP contribution in [0.4, 0.5) is 4.79 Å². The molecular formula is C21H33Cl2N4O5P. The van der Waals surface area contributed by atoms with Gasteiger partial charge in [0.15, 0.2) is 0 Å². The highest BCUT2D eigenvalue weighted by Crippen LogP contribution is 2.53. The molecule has 1 aliphatic heterocycles. The number of ether oxygens (including phenoxy) is 1. The molecular weight excluding hydrogens is 490 g/mol. The zero-order valence-electron chi connectivity index (χ0n) is 19.2. The van der Waals surface area contributed by atoms with Gasteiger partial charge in [0.1, 0.15) is 17.8 Å². The van der Waals surface area contributed by atoms with Crippen LogP contribution in [0.25, 0.3) is 0 Å². The molecule has 12 heteroatoms. The summed E-state index contributed by atoms with van der Waals surface area (Å²) < 4.78 is 12.4. The average Bonchev–Trinajstić information content (AvgIpc) is 2.72. The fourth-order valence-corrected chi connectivity index (χ4v) is 5.92. The number of alkyl halides is 2. The van der Waals surface area contributed by atoms with Crippen LogP contribution in [0.5, 0.6) is 0 Å². The Labute approximate surface area is 206 Å². The molecule has 1 heterocycles. The molecule has 3 N–H and O–H groups in total. The van der Waals surface area contributed by atoms with Gasteiger partial charge in [0, 0.05) is 24.6 Å². The Morgan fingerprint density at radius 3 is 2.48 bits per heavy atom. The van der Waals surface area contributed by atoms with Crippen LogP contribution in [0.2, 0.25) is 0 Å². The minimum atomic E-state index is -3.43. The van der Waals surface area contributed by atoms with Crippen molar-refractivity contribution < 1.29 is 23.7 Å². The molecule has 1 fully saturated rings. The third-order valence-corrected chi connectivity index (χ3v) is 7.31. The van der Waals surface area contributed by atoms with E-state index in [1.54, 1.807) is 25.4 Å². The first-order valence-electron chi connectivity index (χ1n) is 10.8. The lowest BCUT2D eigenvalue weighted by Crippen LogP contribution is -2.59. The molecule has 0 saturated carbocycles. The quantitative estimate of drug-likeness (QED) is 0.319. The number of nitrogens with zero attached hydrogens (tertiary/aromatic N) is 1. The van der Waals surface area contributed by atoms with Crippen LogP contribution in [0.1, 0.15) is 32.8 Å². The number of hydrogen-bond acceptors (Lipinski definition) is 7. The Morgan fingerprint density at radius 2 is 1.91 bits per heavy atom. The van der Waals surface area contributed by atoms with Crippen LogP contribution in [0.15, 0.2) is 30.3 Å². The molecule has 0 aromatic heterocycles. The standard InChI is InChI=1S/C21H33Cl2N4O5P/c1-21(2,3)32-20(29)24-17(15-16-7-5-4-6-8-16)19(28)25-18-9-14-31-33(30,26-18)27(12-10-22)13-11-23/h4-8,17-18H,9-15H2,1-3H3,(H,24,29)(H,25,28)(H,26,30)/t17-,18-,33?/m0/s1. The second kappa shape index (κ2) is 13.0. The summed E-state index contributed by atoms with van der Waals surface area (Å²) in [5.74, 6) is 0.0703. The van der Waals surface area contributed by atoms with Crippen molar-refractivity contribution >= 4 is 43.2 Å². The van der Waals surface area contributed by atoms with Gasteiger partial charge in [0.05, 0.1) is 19.7 Å². The van der Waals surface area contributed by atoms with E-state index in [4.69, 9.17) is 32.5 Å². The Morgan fingerprint density at radius 1 is 1.27 bits per heavy atom. The van der Waals surface area contributed by atoms with Crippen molar-refractivity contribution in [1.82, 2.24) is 20.4 Å². The molecule has 1 unspecified atom stereocenters. The van der Waals surface area contributed by atoms with Crippen molar-refractivity contribution in [1.29, 1.82) is 0 Å². The lowest BCUT2D eigenvalue weighted by Gasteiger charge is -2.42. The van der Waals surface area contributed by atoms with Gasteiger partial charge in [-0.3, -0.25) is 4.79 Å². The molecule has 33 heavy (non-hydrogen) atoms. The predicted molar refractivity (Wildman–Crippen MR) is 129 cm³/mol. The summed E-state index contributed by atoms with van der Waals surface area (Å²) >= 11 is 11.7. The van der Waals surface area contributed by atoms with Gasteiger partial charge in [-0.05, 0) is 26.3 Å². The van der Waals surface area contributed by atoms with Crippen LogP contribution < -0.4 is 20.6 Å². The lowest BCUT2D eigenvalue weighted by molar-refractivity contribution is -0.215. The molecule has 0 spiro atoms. The van der Waals surface area contributed by atoms with Gasteiger partial charge in [-0.15, -0.1) is 33.0 Å². The number of carbonyl (C=O) groups excluding carboxylic acids is 2. The van der Waals surface area contributed by atoms with Crippen molar-refractivity contribution in [3.8, 4) is 0 Å². The largest absolute Gasteiger partial charge is 0.626 e. The Kier molecular flexibility index (Phi) is 11.1. The summed E-state index contributed by atoms with van der Waals surface area (Å²) in [5, 5.41) is 8.39. The van der Waals surface area contributed by atoms with Crippen LogP contribution in [0, 0.1) is 0 Å². The Balaban J connectivity index is 2.10. The molecule has 2 rings (SSSR count). The van der Waals surface area contributed by atoms with Gasteiger partial charge in [-0.25, -0.2) is 9.32 Å². The van der Waals surface area contributed by atoms with Crippen molar-refractivity contribution in [3.05, 3.63) is 35.9 Å². The number of hydrogen-bond donors (Lipinski definition) is 3. The molecule has 0 bridgehead atoms. The molecule has 9 nitrogen and oxygen atoms in total. The van der Waals surface area contributed by atoms with Crippen molar-refractivity contribution in [2.75, 3.05) is 31.5 Å². The fraction of sp³-hybridized carbons (Fsp3) is 0.619. The maximum absolute atomic E-state index is 13.3. The molecule has 1 aliphatic rings. The third kappa shape index (κ3) is 9.53. The number of carbonyl (C=O) groups is 2. The minimum absolute atomic E-state index is 0.180. The number of rotatable bonds is 10. The molecule has 186 valence electrons. The number of benzene rings is 1. The van der Waals surface area contributed by atoms with Gasteiger partial charge in [0.25, 0.3) is 8.02 Å². The monoisotopic (exact) mass is 522 g/mol. The topological polar surface area (TPSA) is 115 Å². The summed E-state index contributed by atoms with van der Waals surface area (Å²) in [7, 11) is -3.43. The predicted octanol–water partition coefficient (Wildman–Crippen LogP) is 2.39. The molecule has 1 saturated heterocycles. The number of nitrogens with one attached hydrogen (secondary N) is 3. The normalized spacial score (nSPS) is 22.0. The third-order valence-electron chi connectivity index (χ3n) is 4.66. The van der Waals surface area contributed by atoms with E-state index in [0.29, 0.717) is 19.5 Å². The van der Waals surface area contributed by atoms with E-state index in [0.717, 1.165) is 5.56 Å². The molecule has 1 aromatic carbocycles. The summed E-state index contributed by atoms with van der Waals surface area (Å²) in [6.07, 6.45) is -0.656. The second-order valence-corrected chi connectivity index (χ2v) is 11.4. The van der Waals surface area contributed by atoms with Gasteiger partial charge in [-0.2, -0.15) is 0 Å². The smallest absolute Gasteiger partial charge is 0.408 e. The van der Waals surface area contributed by atoms with Crippen molar-refractivity contribution in [2.24, 2.45) is 0 Å². The first kappa shape index (κ1) is 28.1. The molecule has 2 amide bonds. The molecule has 0 aliphatic carbocycles. The van der Waals surface area contributed by atoms with E-state index in [2.05, 4.69) is 15.7 Å². The number of alkyl carbamates (subject to hydrolysis) is 1. The van der Waals surface area contributed by atoms with E-state index in [1.165, 1.54) is 0 Å². The van der Waals surface area contributed by atoms with E-state index in [9.17, 15) is 14.5 Å². The Bertz CT molecular complexity index is 765. The summed E-state index contributed by atoms with van der Waals surface area (Å²) in [6.45, 7) is 6.05. The maximum Gasteiger partial charge on any atom is 0.408 e. The highest BCUT2D eigenvalue weighted by Gasteiger charge is 2.43. The van der Waals surface area contributed by atoms with Crippen molar-refractivity contribution in [2.45, 2.75) is 51.4 Å². The van der Waals surface area contributed by atoms with E-state index >= 15 is 0 Å². The van der Waals surface area contributed by atoms with E-state index < -0.39 is 37.8 Å². The molecule has 3 atom stereocenters. The first-order chi connectivity index (χ1) is 15.6. The van der Waals surface area contributed by atoms with Gasteiger partial charge in [-0.1, -0.05) is 30.3 Å². The van der Waals surface area contributed by atoms with Crippen LogP contribution >= 0.6 is 31.2 Å². The van der Waals surface area contributed by atoms with Gasteiger partial charge >= 0.3 is 6.09 Å². The van der Waals surface area contributed by atoms with Crippen molar-refractivity contribution in [3.63, 3.8) is 0 Å². The summed E-state index contributed by atoms with van der Waals surface area (Å²) in [6, 6.07) is 8.43. The zero-order valence-corrected chi connectivity index (χ0v) is 21.6. The highest BCUT2D eigenvalue weighted by molar-refractivity contribution is 7.59. The van der Waals surface area contributed by atoms with Crippen LogP contribution in [-0.2, 0) is 20.5 Å². The summed E-state index contributed by atoms with van der Waals surface area (Å²) in [4.78, 5) is 38.8. The number of halogens is 2. The SMILES string of the molecule is CC(C)(C)OC(=O)N[C@@H](Cc1ccccc1)C(=O)N[C@@H]1CCO[P+]([O-])(N(CCCl)CCCl)N1. The van der Waals surface area contributed by atoms with E-state index in [1.807, 2.05) is 30.3 Å². The van der Waals surface area contributed by atoms with Crippen LogP contribution in [-0.4, -0.2) is 65.9 Å². The lowest BCUT2D eigenvalue weighted by atomic mass is 10.1. The molecule has 0 radical (unpaired) electrons. The molecule has 1 aromatic rings. The van der Waals surface area contributed by atoms with Gasteiger partial charge in [0.2, 0.25) is 5.91 Å². The van der Waals surface area contributed by atoms with Crippen LogP contribution in [0.3, 0.4) is 0 Å². The fourth-order valence-electron chi connectivity index (χ4n) is 3.21. The maximum atomic E-state index is 13.3. The summed E-state index contributed by atoms with van der Waals surface area (Å²) in [5.41, 5.74) is 0.163. The average molecular weight is 523 g/mol. The zero-order chi connectivity index (χ0) is 24.5. The second-order valence-electron chi connectivity index (χ2n) is 8.55. The first-order valence-corrected chi connectivity index (χ1v) is 13.4. The Hall–Kier alpha value is -1.19.